The Bertz CT molecular complexity index is 2430. The van der Waals surface area contributed by atoms with Gasteiger partial charge in [0.15, 0.2) is 5.82 Å². The van der Waals surface area contributed by atoms with Crippen molar-refractivity contribution in [1.29, 1.82) is 0 Å². The van der Waals surface area contributed by atoms with Crippen molar-refractivity contribution < 1.29 is 0 Å². The second kappa shape index (κ2) is 10.8. The maximum atomic E-state index is 5.27. The van der Waals surface area contributed by atoms with Gasteiger partial charge in [-0.2, -0.15) is 0 Å². The summed E-state index contributed by atoms with van der Waals surface area (Å²) in [6.45, 7) is 7.90. The van der Waals surface area contributed by atoms with Gasteiger partial charge >= 0.3 is 0 Å². The molecular formula is C40H26N2S2. The molecular weight excluding hydrogens is 573 g/mol. The first-order chi connectivity index (χ1) is 21.7. The number of allylic oxidation sites excluding steroid dienone is 4. The third kappa shape index (κ3) is 4.39. The molecule has 4 heteroatoms. The topological polar surface area (TPSA) is 25.8 Å². The minimum Gasteiger partial charge on any atom is -0.226 e. The van der Waals surface area contributed by atoms with E-state index in [1.54, 1.807) is 17.4 Å². The molecule has 0 aliphatic rings. The molecule has 0 N–H and O–H groups in total. The van der Waals surface area contributed by atoms with E-state index in [2.05, 4.69) is 110 Å². The highest BCUT2D eigenvalue weighted by molar-refractivity contribution is 7.26. The molecule has 0 radical (unpaired) electrons. The summed E-state index contributed by atoms with van der Waals surface area (Å²) in [7, 11) is 0. The van der Waals surface area contributed by atoms with Crippen LogP contribution in [0.2, 0.25) is 0 Å². The van der Waals surface area contributed by atoms with Crippen molar-refractivity contribution in [3.05, 3.63) is 152 Å². The van der Waals surface area contributed by atoms with E-state index in [0.29, 0.717) is 0 Å². The fourth-order valence-corrected chi connectivity index (χ4v) is 8.31. The van der Waals surface area contributed by atoms with Crippen molar-refractivity contribution in [2.75, 3.05) is 0 Å². The van der Waals surface area contributed by atoms with Crippen molar-refractivity contribution in [2.24, 2.45) is 0 Å². The normalized spacial score (nSPS) is 12.0. The third-order valence-electron chi connectivity index (χ3n) is 8.05. The first-order valence-corrected chi connectivity index (χ1v) is 16.1. The van der Waals surface area contributed by atoms with Crippen molar-refractivity contribution in [3.8, 4) is 33.8 Å². The van der Waals surface area contributed by atoms with E-state index in [4.69, 9.17) is 9.97 Å². The molecule has 8 aromatic rings. The molecule has 0 atom stereocenters. The summed E-state index contributed by atoms with van der Waals surface area (Å²) in [6.07, 6.45) is 5.64. The van der Waals surface area contributed by atoms with Crippen LogP contribution in [-0.2, 0) is 0 Å². The van der Waals surface area contributed by atoms with Crippen molar-refractivity contribution >= 4 is 68.7 Å². The van der Waals surface area contributed by atoms with Gasteiger partial charge in [-0.15, -0.1) is 22.7 Å². The van der Waals surface area contributed by atoms with Crippen LogP contribution in [0.3, 0.4) is 0 Å². The van der Waals surface area contributed by atoms with E-state index in [1.165, 1.54) is 41.4 Å². The minimum atomic E-state index is 0.721. The molecule has 0 bridgehead atoms. The van der Waals surface area contributed by atoms with Gasteiger partial charge in [0.2, 0.25) is 0 Å². The second-order valence-corrected chi connectivity index (χ2v) is 12.8. The number of thiophene rings is 2. The smallest absolute Gasteiger partial charge is 0.160 e. The SMILES string of the molecule is C=C/C=C(\C=C)c1cccc(-c2nc(-c3ccccc3)nc3c2sc2cccc(-c4ccc5c(c4)sc4ccccc45)c23)c1. The predicted molar refractivity (Wildman–Crippen MR) is 192 cm³/mol. The van der Waals surface area contributed by atoms with Crippen LogP contribution in [0.5, 0.6) is 0 Å². The highest BCUT2D eigenvalue weighted by Crippen LogP contribution is 2.45. The Morgan fingerprint density at radius 3 is 2.25 bits per heavy atom. The van der Waals surface area contributed by atoms with Gasteiger partial charge in [0, 0.05) is 41.4 Å². The Labute approximate surface area is 263 Å². The van der Waals surface area contributed by atoms with E-state index < -0.39 is 0 Å². The summed E-state index contributed by atoms with van der Waals surface area (Å²) in [5.74, 6) is 0.721. The zero-order valence-corrected chi connectivity index (χ0v) is 25.5. The Hall–Kier alpha value is -5.16. The summed E-state index contributed by atoms with van der Waals surface area (Å²) < 4.78 is 4.89. The maximum absolute atomic E-state index is 5.27. The van der Waals surface area contributed by atoms with Crippen LogP contribution in [0.15, 0.2) is 147 Å². The van der Waals surface area contributed by atoms with E-state index in [-0.39, 0.29) is 0 Å². The summed E-state index contributed by atoms with van der Waals surface area (Å²) in [5.41, 5.74) is 8.44. The van der Waals surface area contributed by atoms with Crippen LogP contribution in [0.25, 0.3) is 79.8 Å². The highest BCUT2D eigenvalue weighted by Gasteiger charge is 2.20. The molecule has 5 aromatic carbocycles. The summed E-state index contributed by atoms with van der Waals surface area (Å²) in [5, 5.41) is 3.79. The molecule has 3 heterocycles. The lowest BCUT2D eigenvalue weighted by Gasteiger charge is -2.10. The van der Waals surface area contributed by atoms with E-state index >= 15 is 0 Å². The van der Waals surface area contributed by atoms with Gasteiger partial charge < -0.3 is 0 Å². The molecule has 2 nitrogen and oxygen atoms in total. The van der Waals surface area contributed by atoms with Gasteiger partial charge in [-0.05, 0) is 46.5 Å². The number of rotatable bonds is 6. The second-order valence-electron chi connectivity index (χ2n) is 10.7. The first-order valence-electron chi connectivity index (χ1n) is 14.5. The van der Waals surface area contributed by atoms with E-state index in [9.17, 15) is 0 Å². The highest BCUT2D eigenvalue weighted by atomic mass is 32.1. The number of hydrogen-bond donors (Lipinski definition) is 0. The average Bonchev–Trinajstić information content (AvgIpc) is 3.65. The number of fused-ring (bicyclic) bond motifs is 6. The van der Waals surface area contributed by atoms with Crippen LogP contribution in [0.1, 0.15) is 5.56 Å². The van der Waals surface area contributed by atoms with Gasteiger partial charge in [0.05, 0.1) is 15.9 Å². The monoisotopic (exact) mass is 598 g/mol. The van der Waals surface area contributed by atoms with Gasteiger partial charge in [0.25, 0.3) is 0 Å². The lowest BCUT2D eigenvalue weighted by Crippen LogP contribution is -1.94. The molecule has 0 unspecified atom stereocenters. The fourth-order valence-electron chi connectivity index (χ4n) is 5.99. The number of hydrogen-bond acceptors (Lipinski definition) is 4. The lowest BCUT2D eigenvalue weighted by atomic mass is 9.98. The van der Waals surface area contributed by atoms with Crippen LogP contribution in [0.4, 0.5) is 0 Å². The van der Waals surface area contributed by atoms with Crippen LogP contribution in [0, 0.1) is 0 Å². The first kappa shape index (κ1) is 26.5. The zero-order chi connectivity index (χ0) is 29.6. The van der Waals surface area contributed by atoms with Crippen LogP contribution >= 0.6 is 22.7 Å². The Kier molecular flexibility index (Phi) is 6.52. The van der Waals surface area contributed by atoms with Crippen molar-refractivity contribution in [2.45, 2.75) is 0 Å². The maximum Gasteiger partial charge on any atom is 0.160 e. The van der Waals surface area contributed by atoms with Gasteiger partial charge in [-0.3, -0.25) is 0 Å². The molecule has 208 valence electrons. The number of benzene rings is 5. The molecule has 0 spiro atoms. The molecule has 0 saturated carbocycles. The molecule has 0 fully saturated rings. The largest absolute Gasteiger partial charge is 0.226 e. The van der Waals surface area contributed by atoms with Gasteiger partial charge in [-0.1, -0.05) is 122 Å². The molecule has 3 aromatic heterocycles. The third-order valence-corrected chi connectivity index (χ3v) is 10.3. The average molecular weight is 599 g/mol. The molecule has 0 aliphatic heterocycles. The Morgan fingerprint density at radius 1 is 0.614 bits per heavy atom. The van der Waals surface area contributed by atoms with Gasteiger partial charge in [-0.25, -0.2) is 9.97 Å². The lowest BCUT2D eigenvalue weighted by molar-refractivity contribution is 1.24. The molecule has 0 amide bonds. The van der Waals surface area contributed by atoms with Gasteiger partial charge in [0.1, 0.15) is 0 Å². The molecule has 0 aliphatic carbocycles. The summed E-state index contributed by atoms with van der Waals surface area (Å²) >= 11 is 3.61. The van der Waals surface area contributed by atoms with Crippen molar-refractivity contribution in [3.63, 3.8) is 0 Å². The number of aromatic nitrogens is 2. The van der Waals surface area contributed by atoms with Crippen LogP contribution < -0.4 is 0 Å². The van der Waals surface area contributed by atoms with E-state index in [0.717, 1.165) is 44.0 Å². The minimum absolute atomic E-state index is 0.721. The standard InChI is InChI=1S/C40H26N2S2/c1-3-12-25(4-2)27-15-10-16-29(23-27)37-39-38(42-40(41-37)26-13-6-5-7-14-26)36-30(18-11-20-34(36)44-39)28-21-22-32-31-17-8-9-19-33(31)43-35(32)24-28/h3-24H,1-2H2/b25-12+. The van der Waals surface area contributed by atoms with E-state index in [1.807, 2.05) is 41.7 Å². The Morgan fingerprint density at radius 2 is 1.39 bits per heavy atom. The predicted octanol–water partition coefficient (Wildman–Crippen LogP) is 12.0. The quantitative estimate of drug-likeness (QED) is 0.178. The fraction of sp³-hybridized carbons (Fsp3) is 0. The molecule has 0 saturated heterocycles. The van der Waals surface area contributed by atoms with Crippen LogP contribution in [-0.4, -0.2) is 9.97 Å². The summed E-state index contributed by atoms with van der Waals surface area (Å²) in [6, 6.07) is 40.9. The summed E-state index contributed by atoms with van der Waals surface area (Å²) in [4.78, 5) is 10.5. The van der Waals surface area contributed by atoms with Crippen molar-refractivity contribution in [1.82, 2.24) is 9.97 Å². The number of nitrogens with zero attached hydrogens (tertiary/aromatic N) is 2. The zero-order valence-electron chi connectivity index (χ0n) is 23.8. The molecule has 44 heavy (non-hydrogen) atoms. The molecule has 8 rings (SSSR count). The Balaban J connectivity index is 1.40.